The van der Waals surface area contributed by atoms with Gasteiger partial charge >= 0.3 is 0 Å². The number of guanidine groups is 1. The number of aromatic nitrogens is 2. The first-order valence-electron chi connectivity index (χ1n) is 11.0. The van der Waals surface area contributed by atoms with Crippen molar-refractivity contribution in [3.63, 3.8) is 0 Å². The fourth-order valence-electron chi connectivity index (χ4n) is 4.49. The molecule has 4 heterocycles. The van der Waals surface area contributed by atoms with E-state index in [4.69, 9.17) is 14.1 Å². The normalized spacial score (nSPS) is 20.4. The lowest BCUT2D eigenvalue weighted by Crippen LogP contribution is -2.43. The van der Waals surface area contributed by atoms with Crippen molar-refractivity contribution in [2.45, 2.75) is 31.2 Å². The summed E-state index contributed by atoms with van der Waals surface area (Å²) in [5, 5.41) is 8.11. The number of fused-ring (bicyclic) bond motifs is 1. The number of aryl methyl sites for hydroxylation is 1. The van der Waals surface area contributed by atoms with Crippen LogP contribution in [0, 0.1) is 0 Å². The largest absolute Gasteiger partial charge is 0.493 e. The molecule has 2 aliphatic heterocycles. The second-order valence-electron chi connectivity index (χ2n) is 8.29. The summed E-state index contributed by atoms with van der Waals surface area (Å²) in [5.41, 5.74) is 2.51. The summed E-state index contributed by atoms with van der Waals surface area (Å²) in [6, 6.07) is 12.4. The zero-order valence-electron chi connectivity index (χ0n) is 18.3. The molecular formula is C24H30IN5O2. The number of aliphatic imine (C=N–C) groups is 1. The number of halogens is 1. The lowest BCUT2D eigenvalue weighted by molar-refractivity contribution is 0.259. The predicted molar refractivity (Wildman–Crippen MR) is 135 cm³/mol. The molecule has 0 saturated carbocycles. The van der Waals surface area contributed by atoms with Crippen molar-refractivity contribution < 1.29 is 9.15 Å². The van der Waals surface area contributed by atoms with Crippen molar-refractivity contribution in [2.24, 2.45) is 12.0 Å². The van der Waals surface area contributed by atoms with E-state index in [-0.39, 0.29) is 30.0 Å². The minimum absolute atomic E-state index is 0. The Morgan fingerprint density at radius 1 is 1.22 bits per heavy atom. The monoisotopic (exact) mass is 547 g/mol. The molecule has 1 N–H and O–H groups in total. The summed E-state index contributed by atoms with van der Waals surface area (Å²) in [6.45, 7) is 3.33. The van der Waals surface area contributed by atoms with Gasteiger partial charge in [0.15, 0.2) is 5.96 Å². The van der Waals surface area contributed by atoms with Crippen LogP contribution in [-0.4, -0.2) is 46.9 Å². The first-order valence-corrected chi connectivity index (χ1v) is 11.0. The Hall–Kier alpha value is -2.49. The molecule has 8 heteroatoms. The third-order valence-corrected chi connectivity index (χ3v) is 6.15. The standard InChI is InChI=1S/C24H29N5O2.HI/c1-28-16-19(15-26-28)18-9-12-29(17-18)24(25-11-8-20-5-4-13-30-20)27-22-10-14-31-23-7-3-2-6-21(22)23;/h2-7,13,15-16,18,22H,8-12,14,17H2,1H3,(H,25,27);1H. The van der Waals surface area contributed by atoms with E-state index in [2.05, 4.69) is 33.6 Å². The van der Waals surface area contributed by atoms with Crippen molar-refractivity contribution in [1.29, 1.82) is 0 Å². The molecule has 3 aromatic rings. The molecule has 7 nitrogen and oxygen atoms in total. The highest BCUT2D eigenvalue weighted by atomic mass is 127. The van der Waals surface area contributed by atoms with Gasteiger partial charge in [-0.25, -0.2) is 0 Å². The molecule has 32 heavy (non-hydrogen) atoms. The highest BCUT2D eigenvalue weighted by molar-refractivity contribution is 14.0. The molecule has 5 rings (SSSR count). The smallest absolute Gasteiger partial charge is 0.194 e. The summed E-state index contributed by atoms with van der Waals surface area (Å²) in [6.07, 6.45) is 8.66. The van der Waals surface area contributed by atoms with Gasteiger partial charge in [0.25, 0.3) is 0 Å². The van der Waals surface area contributed by atoms with E-state index in [0.29, 0.717) is 19.1 Å². The average molecular weight is 547 g/mol. The molecule has 0 amide bonds. The van der Waals surface area contributed by atoms with Crippen LogP contribution in [0.3, 0.4) is 0 Å². The number of hydrogen-bond donors (Lipinski definition) is 1. The number of furan rings is 1. The van der Waals surface area contributed by atoms with Crippen LogP contribution in [0.2, 0.25) is 0 Å². The molecule has 2 aromatic heterocycles. The van der Waals surface area contributed by atoms with Crippen molar-refractivity contribution in [1.82, 2.24) is 20.0 Å². The van der Waals surface area contributed by atoms with Gasteiger partial charge in [-0.05, 0) is 30.2 Å². The summed E-state index contributed by atoms with van der Waals surface area (Å²) in [4.78, 5) is 7.38. The van der Waals surface area contributed by atoms with Gasteiger partial charge in [0.2, 0.25) is 0 Å². The molecule has 1 aromatic carbocycles. The predicted octanol–water partition coefficient (Wildman–Crippen LogP) is 4.13. The Morgan fingerprint density at radius 3 is 2.94 bits per heavy atom. The number of para-hydroxylation sites is 1. The van der Waals surface area contributed by atoms with Gasteiger partial charge in [0.05, 0.1) is 25.1 Å². The zero-order valence-corrected chi connectivity index (χ0v) is 20.6. The van der Waals surface area contributed by atoms with Gasteiger partial charge in [-0.15, -0.1) is 24.0 Å². The average Bonchev–Trinajstić information content (AvgIpc) is 3.55. The van der Waals surface area contributed by atoms with Crippen molar-refractivity contribution in [3.8, 4) is 5.75 Å². The minimum atomic E-state index is 0. The molecule has 2 atom stereocenters. The number of nitrogens with zero attached hydrogens (tertiary/aromatic N) is 4. The van der Waals surface area contributed by atoms with E-state index in [1.165, 1.54) is 11.1 Å². The summed E-state index contributed by atoms with van der Waals surface area (Å²) >= 11 is 0. The maximum absolute atomic E-state index is 5.85. The first-order chi connectivity index (χ1) is 15.3. The topological polar surface area (TPSA) is 67.8 Å². The van der Waals surface area contributed by atoms with Crippen molar-refractivity contribution in [3.05, 3.63) is 71.9 Å². The molecule has 1 fully saturated rings. The summed E-state index contributed by atoms with van der Waals surface area (Å²) < 4.78 is 13.2. The van der Waals surface area contributed by atoms with E-state index < -0.39 is 0 Å². The quantitative estimate of drug-likeness (QED) is 0.296. The lowest BCUT2D eigenvalue weighted by atomic mass is 10.0. The Bertz CT molecular complexity index is 1030. The van der Waals surface area contributed by atoms with E-state index in [9.17, 15) is 0 Å². The Kier molecular flexibility index (Phi) is 7.39. The zero-order chi connectivity index (χ0) is 21.0. The molecule has 0 bridgehead atoms. The van der Waals surface area contributed by atoms with Crippen LogP contribution in [0.15, 0.2) is 64.5 Å². The Morgan fingerprint density at radius 2 is 2.12 bits per heavy atom. The van der Waals surface area contributed by atoms with Gasteiger partial charge in [0.1, 0.15) is 11.5 Å². The number of hydrogen-bond acceptors (Lipinski definition) is 4. The van der Waals surface area contributed by atoms with Crippen molar-refractivity contribution in [2.75, 3.05) is 26.2 Å². The second kappa shape index (κ2) is 10.4. The van der Waals surface area contributed by atoms with Crippen LogP contribution in [0.5, 0.6) is 5.75 Å². The van der Waals surface area contributed by atoms with E-state index in [0.717, 1.165) is 49.8 Å². The molecule has 2 unspecified atom stereocenters. The Labute approximate surface area is 205 Å². The molecule has 0 radical (unpaired) electrons. The Balaban J connectivity index is 0.00000245. The molecule has 0 spiro atoms. The van der Waals surface area contributed by atoms with Crippen LogP contribution in [-0.2, 0) is 13.5 Å². The third kappa shape index (κ3) is 5.11. The van der Waals surface area contributed by atoms with Gasteiger partial charge in [0, 0.05) is 57.2 Å². The van der Waals surface area contributed by atoms with Crippen LogP contribution in [0.1, 0.15) is 41.7 Å². The van der Waals surface area contributed by atoms with E-state index in [1.54, 1.807) is 6.26 Å². The maximum Gasteiger partial charge on any atom is 0.194 e. The molecule has 170 valence electrons. The van der Waals surface area contributed by atoms with E-state index in [1.807, 2.05) is 42.2 Å². The first kappa shape index (κ1) is 22.7. The third-order valence-electron chi connectivity index (χ3n) is 6.15. The van der Waals surface area contributed by atoms with Crippen LogP contribution in [0.25, 0.3) is 0 Å². The molecule has 0 aliphatic carbocycles. The number of rotatable bonds is 5. The summed E-state index contributed by atoms with van der Waals surface area (Å²) in [7, 11) is 1.97. The molecular weight excluding hydrogens is 517 g/mol. The molecule has 1 saturated heterocycles. The number of benzene rings is 1. The minimum Gasteiger partial charge on any atom is -0.493 e. The van der Waals surface area contributed by atoms with Gasteiger partial charge in [-0.2, -0.15) is 5.10 Å². The molecule has 2 aliphatic rings. The maximum atomic E-state index is 5.85. The fraction of sp³-hybridized carbons (Fsp3) is 0.417. The van der Waals surface area contributed by atoms with Crippen LogP contribution < -0.4 is 10.1 Å². The van der Waals surface area contributed by atoms with Crippen LogP contribution >= 0.6 is 24.0 Å². The van der Waals surface area contributed by atoms with Gasteiger partial charge in [-0.3, -0.25) is 9.67 Å². The lowest BCUT2D eigenvalue weighted by Gasteiger charge is -2.31. The fourth-order valence-corrected chi connectivity index (χ4v) is 4.49. The highest BCUT2D eigenvalue weighted by Gasteiger charge is 2.29. The van der Waals surface area contributed by atoms with Gasteiger partial charge < -0.3 is 19.4 Å². The summed E-state index contributed by atoms with van der Waals surface area (Å²) in [5.74, 6) is 3.39. The highest BCUT2D eigenvalue weighted by Crippen LogP contribution is 2.32. The second-order valence-corrected chi connectivity index (χ2v) is 8.29. The van der Waals surface area contributed by atoms with Gasteiger partial charge in [-0.1, -0.05) is 18.2 Å². The number of likely N-dealkylation sites (tertiary alicyclic amines) is 1. The van der Waals surface area contributed by atoms with Crippen LogP contribution in [0.4, 0.5) is 0 Å². The van der Waals surface area contributed by atoms with Crippen molar-refractivity contribution >= 4 is 29.9 Å². The van der Waals surface area contributed by atoms with E-state index >= 15 is 0 Å². The number of nitrogens with one attached hydrogen (secondary N) is 1. The number of ether oxygens (including phenoxy) is 1. The SMILES string of the molecule is Cn1cc(C2CCN(C(=NCCc3ccco3)NC3CCOc4ccccc43)C2)cn1.I.